The maximum absolute atomic E-state index is 14.4. The normalized spacial score (nSPS) is 17.0. The highest BCUT2D eigenvalue weighted by molar-refractivity contribution is 6.08. The summed E-state index contributed by atoms with van der Waals surface area (Å²) in [6, 6.07) is 8.95. The summed E-state index contributed by atoms with van der Waals surface area (Å²) in [4.78, 5) is 8.68. The predicted molar refractivity (Wildman–Crippen MR) is 96.6 cm³/mol. The molecule has 0 radical (unpaired) electrons. The van der Waals surface area contributed by atoms with Gasteiger partial charge in [0, 0.05) is 23.9 Å². The summed E-state index contributed by atoms with van der Waals surface area (Å²) < 4.78 is 20.0. The van der Waals surface area contributed by atoms with Crippen LogP contribution in [0.15, 0.2) is 41.5 Å². The van der Waals surface area contributed by atoms with Gasteiger partial charge in [0.2, 0.25) is 0 Å². The number of pyridine rings is 1. The van der Waals surface area contributed by atoms with Gasteiger partial charge in [0.25, 0.3) is 0 Å². The molecule has 0 saturated heterocycles. The summed E-state index contributed by atoms with van der Waals surface area (Å²) in [5.74, 6) is 1.09. The van der Waals surface area contributed by atoms with Gasteiger partial charge in [0.15, 0.2) is 11.6 Å². The second-order valence-corrected chi connectivity index (χ2v) is 6.69. The topological polar surface area (TPSA) is 60.5 Å². The van der Waals surface area contributed by atoms with E-state index in [-0.39, 0.29) is 5.82 Å². The minimum absolute atomic E-state index is 0.310. The van der Waals surface area contributed by atoms with Crippen LogP contribution in [-0.2, 0) is 0 Å². The SMILES string of the molecule is Cc1cc(C2=C(c3ccc(OCC4CC4)c(F)c3)CC(N)=N2)ccn1. The lowest BCUT2D eigenvalue weighted by atomic mass is 9.98. The average molecular weight is 337 g/mol. The van der Waals surface area contributed by atoms with Crippen molar-refractivity contribution in [1.82, 2.24) is 4.98 Å². The van der Waals surface area contributed by atoms with E-state index in [0.717, 1.165) is 28.1 Å². The molecule has 2 heterocycles. The Balaban J connectivity index is 1.66. The van der Waals surface area contributed by atoms with Crippen LogP contribution in [0.4, 0.5) is 4.39 Å². The van der Waals surface area contributed by atoms with Crippen molar-refractivity contribution in [2.24, 2.45) is 16.6 Å². The van der Waals surface area contributed by atoms with Crippen molar-refractivity contribution in [2.45, 2.75) is 26.2 Å². The molecule has 1 aromatic carbocycles. The third-order valence-corrected chi connectivity index (χ3v) is 4.52. The molecule has 0 unspecified atom stereocenters. The third-order valence-electron chi connectivity index (χ3n) is 4.52. The van der Waals surface area contributed by atoms with Crippen molar-refractivity contribution in [2.75, 3.05) is 6.61 Å². The van der Waals surface area contributed by atoms with Crippen LogP contribution in [0.3, 0.4) is 0 Å². The van der Waals surface area contributed by atoms with Crippen molar-refractivity contribution < 1.29 is 9.13 Å². The maximum atomic E-state index is 14.4. The average Bonchev–Trinajstić information content (AvgIpc) is 3.34. The Bertz CT molecular complexity index is 884. The van der Waals surface area contributed by atoms with E-state index < -0.39 is 0 Å². The summed E-state index contributed by atoms with van der Waals surface area (Å²) in [5.41, 5.74) is 10.3. The van der Waals surface area contributed by atoms with Gasteiger partial charge in [-0.3, -0.25) is 4.98 Å². The molecule has 2 aliphatic rings. The van der Waals surface area contributed by atoms with E-state index in [1.807, 2.05) is 25.1 Å². The number of aromatic nitrogens is 1. The summed E-state index contributed by atoms with van der Waals surface area (Å²) in [6.45, 7) is 2.52. The number of ether oxygens (including phenoxy) is 1. The Kier molecular flexibility index (Phi) is 3.99. The number of nitrogens with two attached hydrogens (primary N) is 1. The van der Waals surface area contributed by atoms with Crippen molar-refractivity contribution >= 4 is 17.1 Å². The second kappa shape index (κ2) is 6.31. The lowest BCUT2D eigenvalue weighted by Gasteiger charge is -2.10. The molecular weight excluding hydrogens is 317 g/mol. The first-order valence-corrected chi connectivity index (χ1v) is 8.52. The lowest BCUT2D eigenvalue weighted by molar-refractivity contribution is 0.285. The summed E-state index contributed by atoms with van der Waals surface area (Å²) >= 11 is 0. The fourth-order valence-electron chi connectivity index (χ4n) is 2.98. The van der Waals surface area contributed by atoms with Gasteiger partial charge in [-0.1, -0.05) is 6.07 Å². The van der Waals surface area contributed by atoms with Crippen LogP contribution in [0.1, 0.15) is 36.1 Å². The fraction of sp³-hybridized carbons (Fsp3) is 0.300. The summed E-state index contributed by atoms with van der Waals surface area (Å²) in [6.07, 6.45) is 4.61. The zero-order valence-electron chi connectivity index (χ0n) is 14.1. The number of rotatable bonds is 5. The highest BCUT2D eigenvalue weighted by atomic mass is 19.1. The zero-order chi connectivity index (χ0) is 17.4. The van der Waals surface area contributed by atoms with Gasteiger partial charge in [0.1, 0.15) is 5.84 Å². The quantitative estimate of drug-likeness (QED) is 0.899. The molecule has 4 nitrogen and oxygen atoms in total. The number of hydrogen-bond donors (Lipinski definition) is 1. The molecule has 0 amide bonds. The number of halogens is 1. The molecule has 1 saturated carbocycles. The van der Waals surface area contributed by atoms with Crippen LogP contribution in [0, 0.1) is 18.7 Å². The molecule has 25 heavy (non-hydrogen) atoms. The summed E-state index contributed by atoms with van der Waals surface area (Å²) in [5, 5.41) is 0. The van der Waals surface area contributed by atoms with Gasteiger partial charge in [-0.2, -0.15) is 0 Å². The molecule has 4 rings (SSSR count). The third kappa shape index (κ3) is 3.40. The van der Waals surface area contributed by atoms with E-state index in [1.54, 1.807) is 12.3 Å². The first-order valence-electron chi connectivity index (χ1n) is 8.52. The first-order chi connectivity index (χ1) is 12.1. The Morgan fingerprint density at radius 1 is 1.20 bits per heavy atom. The number of hydrogen-bond acceptors (Lipinski definition) is 4. The van der Waals surface area contributed by atoms with Crippen molar-refractivity contribution in [1.29, 1.82) is 0 Å². The van der Waals surface area contributed by atoms with Gasteiger partial charge >= 0.3 is 0 Å². The molecule has 128 valence electrons. The van der Waals surface area contributed by atoms with E-state index >= 15 is 0 Å². The Morgan fingerprint density at radius 2 is 2.04 bits per heavy atom. The molecule has 0 bridgehead atoms. The number of nitrogens with zero attached hydrogens (tertiary/aromatic N) is 2. The molecule has 0 atom stereocenters. The molecule has 5 heteroatoms. The van der Waals surface area contributed by atoms with Crippen LogP contribution >= 0.6 is 0 Å². The minimum Gasteiger partial charge on any atom is -0.490 e. The summed E-state index contributed by atoms with van der Waals surface area (Å²) in [7, 11) is 0. The Labute approximate surface area is 146 Å². The molecule has 1 fully saturated rings. The molecule has 0 spiro atoms. The van der Waals surface area contributed by atoms with Gasteiger partial charge < -0.3 is 10.5 Å². The van der Waals surface area contributed by atoms with E-state index in [9.17, 15) is 4.39 Å². The maximum Gasteiger partial charge on any atom is 0.165 e. The highest BCUT2D eigenvalue weighted by Crippen LogP contribution is 2.36. The molecular formula is C20H20FN3O. The van der Waals surface area contributed by atoms with Gasteiger partial charge in [-0.25, -0.2) is 9.38 Å². The fourth-order valence-corrected chi connectivity index (χ4v) is 2.98. The second-order valence-electron chi connectivity index (χ2n) is 6.69. The molecule has 2 N–H and O–H groups in total. The Morgan fingerprint density at radius 3 is 2.76 bits per heavy atom. The molecule has 2 aromatic rings. The predicted octanol–water partition coefficient (Wildman–Crippen LogP) is 3.95. The van der Waals surface area contributed by atoms with Crippen molar-refractivity contribution in [3.8, 4) is 5.75 Å². The lowest BCUT2D eigenvalue weighted by Crippen LogP contribution is -2.07. The standard InChI is InChI=1S/C20H20FN3O/c1-12-8-15(6-7-23-12)20-16(10-19(22)24-20)14-4-5-18(17(21)9-14)25-11-13-2-3-13/h4-9,13H,2-3,10-11H2,1H3,(H2,22,24). The van der Waals surface area contributed by atoms with Crippen LogP contribution in [0.5, 0.6) is 5.75 Å². The van der Waals surface area contributed by atoms with Gasteiger partial charge in [-0.15, -0.1) is 0 Å². The largest absolute Gasteiger partial charge is 0.490 e. The zero-order valence-corrected chi connectivity index (χ0v) is 14.1. The first kappa shape index (κ1) is 15.8. The van der Waals surface area contributed by atoms with Gasteiger partial charge in [-0.05, 0) is 61.1 Å². The van der Waals surface area contributed by atoms with E-state index in [4.69, 9.17) is 10.5 Å². The molecule has 1 aliphatic heterocycles. The van der Waals surface area contributed by atoms with E-state index in [2.05, 4.69) is 9.98 Å². The van der Waals surface area contributed by atoms with E-state index in [0.29, 0.717) is 30.5 Å². The highest BCUT2D eigenvalue weighted by Gasteiger charge is 2.23. The minimum atomic E-state index is -0.346. The smallest absolute Gasteiger partial charge is 0.165 e. The number of amidine groups is 1. The van der Waals surface area contributed by atoms with Crippen LogP contribution in [0.2, 0.25) is 0 Å². The number of aryl methyl sites for hydroxylation is 1. The van der Waals surface area contributed by atoms with Crippen LogP contribution in [-0.4, -0.2) is 17.4 Å². The molecule has 1 aliphatic carbocycles. The number of benzene rings is 1. The monoisotopic (exact) mass is 337 g/mol. The Hall–Kier alpha value is -2.69. The van der Waals surface area contributed by atoms with Crippen molar-refractivity contribution in [3.05, 3.63) is 59.2 Å². The van der Waals surface area contributed by atoms with E-state index in [1.165, 1.54) is 18.9 Å². The van der Waals surface area contributed by atoms with Crippen molar-refractivity contribution in [3.63, 3.8) is 0 Å². The van der Waals surface area contributed by atoms with Crippen LogP contribution in [0.25, 0.3) is 11.3 Å². The van der Waals surface area contributed by atoms with Gasteiger partial charge in [0.05, 0.1) is 12.3 Å². The number of aliphatic imine (C=N–C) groups is 1. The molecule has 1 aromatic heterocycles. The van der Waals surface area contributed by atoms with Crippen LogP contribution < -0.4 is 10.5 Å².